The molecule has 0 unspecified atom stereocenters. The Hall–Kier alpha value is -2.08. The van der Waals surface area contributed by atoms with Gasteiger partial charge >= 0.3 is 0 Å². The average Bonchev–Trinajstić information content (AvgIpc) is 2.60. The maximum Gasteiger partial charge on any atom is -0.00300 e. The molecule has 0 spiro atoms. The van der Waals surface area contributed by atoms with E-state index >= 15 is 0 Å². The van der Waals surface area contributed by atoms with Gasteiger partial charge in [-0.3, -0.25) is 0 Å². The monoisotopic (exact) mass is 230 g/mol. The first-order valence-corrected chi connectivity index (χ1v) is 6.45. The maximum absolute atomic E-state index is 2.29. The van der Waals surface area contributed by atoms with Crippen LogP contribution in [0.15, 0.2) is 48.5 Å². The Morgan fingerprint density at radius 1 is 0.833 bits per heavy atom. The standard InChI is InChI=1S/C18H14/c1-12-8-9-15-11-10-14-5-2-4-13-6-3-7-16(12)18(15)17(13)14/h2-6,8-11H,7H2,1H3. The molecular formula is C18H14. The van der Waals surface area contributed by atoms with Crippen LogP contribution in [-0.4, -0.2) is 0 Å². The number of rotatable bonds is 0. The predicted octanol–water partition coefficient (Wildman–Crippen LogP) is 4.87. The van der Waals surface area contributed by atoms with E-state index in [0.717, 1.165) is 6.42 Å². The number of allylic oxidation sites excluding steroid dienone is 1. The molecule has 0 aromatic heterocycles. The fourth-order valence-electron chi connectivity index (χ4n) is 3.11. The zero-order valence-electron chi connectivity index (χ0n) is 10.4. The van der Waals surface area contributed by atoms with Gasteiger partial charge in [-0.05, 0) is 51.6 Å². The highest BCUT2D eigenvalue weighted by Gasteiger charge is 2.11. The predicted molar refractivity (Wildman–Crippen MR) is 78.9 cm³/mol. The van der Waals surface area contributed by atoms with Crippen molar-refractivity contribution in [3.8, 4) is 0 Å². The zero-order valence-corrected chi connectivity index (χ0v) is 10.4. The van der Waals surface area contributed by atoms with E-state index in [4.69, 9.17) is 0 Å². The lowest BCUT2D eigenvalue weighted by Gasteiger charge is -2.11. The molecule has 1 aliphatic carbocycles. The Bertz CT molecular complexity index is 807. The Kier molecular flexibility index (Phi) is 1.90. The van der Waals surface area contributed by atoms with Gasteiger partial charge in [0.25, 0.3) is 0 Å². The average molecular weight is 230 g/mol. The van der Waals surface area contributed by atoms with Crippen molar-refractivity contribution >= 4 is 27.6 Å². The van der Waals surface area contributed by atoms with E-state index in [0.29, 0.717) is 0 Å². The molecule has 0 heteroatoms. The van der Waals surface area contributed by atoms with E-state index in [1.165, 1.54) is 38.2 Å². The second-order valence-electron chi connectivity index (χ2n) is 5.08. The van der Waals surface area contributed by atoms with E-state index in [2.05, 4.69) is 61.5 Å². The van der Waals surface area contributed by atoms with Crippen LogP contribution in [0.25, 0.3) is 27.6 Å². The van der Waals surface area contributed by atoms with Crippen LogP contribution < -0.4 is 0 Å². The van der Waals surface area contributed by atoms with Gasteiger partial charge in [0, 0.05) is 0 Å². The molecule has 86 valence electrons. The molecule has 0 radical (unpaired) electrons. The van der Waals surface area contributed by atoms with E-state index in [1.54, 1.807) is 0 Å². The van der Waals surface area contributed by atoms with E-state index < -0.39 is 0 Å². The van der Waals surface area contributed by atoms with Crippen LogP contribution in [0.4, 0.5) is 0 Å². The molecule has 0 nitrogen and oxygen atoms in total. The molecule has 0 atom stereocenters. The third kappa shape index (κ3) is 1.20. The molecule has 18 heavy (non-hydrogen) atoms. The third-order valence-corrected chi connectivity index (χ3v) is 4.02. The maximum atomic E-state index is 2.29. The first-order valence-electron chi connectivity index (χ1n) is 6.45. The Morgan fingerprint density at radius 3 is 2.50 bits per heavy atom. The van der Waals surface area contributed by atoms with Crippen LogP contribution >= 0.6 is 0 Å². The lowest BCUT2D eigenvalue weighted by molar-refractivity contribution is 1.26. The van der Waals surface area contributed by atoms with Crippen LogP contribution in [0.3, 0.4) is 0 Å². The summed E-state index contributed by atoms with van der Waals surface area (Å²) in [4.78, 5) is 0. The summed E-state index contributed by atoms with van der Waals surface area (Å²) in [6.45, 7) is 2.22. The van der Waals surface area contributed by atoms with Crippen molar-refractivity contribution in [1.29, 1.82) is 0 Å². The number of hydrogen-bond acceptors (Lipinski definition) is 0. The largest absolute Gasteiger partial charge is 0.0795 e. The van der Waals surface area contributed by atoms with E-state index in [1.807, 2.05) is 0 Å². The van der Waals surface area contributed by atoms with Gasteiger partial charge in [0.05, 0.1) is 0 Å². The van der Waals surface area contributed by atoms with Gasteiger partial charge in [-0.25, -0.2) is 0 Å². The molecular weight excluding hydrogens is 216 g/mol. The number of hydrogen-bond donors (Lipinski definition) is 0. The first-order chi connectivity index (χ1) is 8.84. The Balaban J connectivity index is 2.39. The number of benzene rings is 3. The molecule has 0 aliphatic heterocycles. The van der Waals surface area contributed by atoms with Crippen LogP contribution in [0.1, 0.15) is 16.7 Å². The zero-order chi connectivity index (χ0) is 12.1. The lowest BCUT2D eigenvalue weighted by atomic mass is 9.93. The molecule has 0 amide bonds. The third-order valence-electron chi connectivity index (χ3n) is 4.02. The normalized spacial score (nSPS) is 13.4. The van der Waals surface area contributed by atoms with Crippen molar-refractivity contribution in [3.05, 3.63) is 65.2 Å². The van der Waals surface area contributed by atoms with Gasteiger partial charge in [-0.15, -0.1) is 0 Å². The molecule has 0 saturated heterocycles. The van der Waals surface area contributed by atoms with Crippen LogP contribution in [0, 0.1) is 6.92 Å². The highest BCUT2D eigenvalue weighted by Crippen LogP contribution is 2.35. The minimum atomic E-state index is 1.04. The SMILES string of the molecule is Cc1ccc2ccc3cccc4c3c2c1CC=C4. The number of aryl methyl sites for hydroxylation is 1. The topological polar surface area (TPSA) is 0 Å². The van der Waals surface area contributed by atoms with Crippen molar-refractivity contribution in [1.82, 2.24) is 0 Å². The molecule has 4 rings (SSSR count). The Labute approximate surface area is 107 Å². The molecule has 0 fully saturated rings. The summed E-state index contributed by atoms with van der Waals surface area (Å²) >= 11 is 0. The van der Waals surface area contributed by atoms with Gasteiger partial charge in [-0.1, -0.05) is 54.6 Å². The van der Waals surface area contributed by atoms with Crippen LogP contribution in [0.2, 0.25) is 0 Å². The summed E-state index contributed by atoms with van der Waals surface area (Å²) < 4.78 is 0. The summed E-state index contributed by atoms with van der Waals surface area (Å²) in [5, 5.41) is 5.58. The highest BCUT2D eigenvalue weighted by molar-refractivity contribution is 6.13. The Morgan fingerprint density at radius 2 is 1.61 bits per heavy atom. The van der Waals surface area contributed by atoms with Crippen LogP contribution in [-0.2, 0) is 6.42 Å². The molecule has 3 aromatic rings. The molecule has 0 bridgehead atoms. The molecule has 0 N–H and O–H groups in total. The fourth-order valence-corrected chi connectivity index (χ4v) is 3.11. The second-order valence-corrected chi connectivity index (χ2v) is 5.08. The minimum Gasteiger partial charge on any atom is -0.0795 e. The molecule has 0 heterocycles. The smallest absolute Gasteiger partial charge is 0.00300 e. The van der Waals surface area contributed by atoms with Crippen molar-refractivity contribution < 1.29 is 0 Å². The van der Waals surface area contributed by atoms with Crippen molar-refractivity contribution in [2.24, 2.45) is 0 Å². The van der Waals surface area contributed by atoms with Gasteiger partial charge in [-0.2, -0.15) is 0 Å². The van der Waals surface area contributed by atoms with Gasteiger partial charge in [0.15, 0.2) is 0 Å². The molecule has 1 aliphatic rings. The first kappa shape index (κ1) is 9.90. The minimum absolute atomic E-state index is 1.04. The lowest BCUT2D eigenvalue weighted by Crippen LogP contribution is -1.90. The highest BCUT2D eigenvalue weighted by atomic mass is 14.2. The van der Waals surface area contributed by atoms with E-state index in [9.17, 15) is 0 Å². The summed E-state index contributed by atoms with van der Waals surface area (Å²) in [6.07, 6.45) is 5.59. The molecule has 3 aromatic carbocycles. The summed E-state index contributed by atoms with van der Waals surface area (Å²) in [5.74, 6) is 0. The summed E-state index contributed by atoms with van der Waals surface area (Å²) in [5.41, 5.74) is 4.23. The van der Waals surface area contributed by atoms with Gasteiger partial charge < -0.3 is 0 Å². The van der Waals surface area contributed by atoms with Crippen molar-refractivity contribution in [2.75, 3.05) is 0 Å². The van der Waals surface area contributed by atoms with Gasteiger partial charge in [0.2, 0.25) is 0 Å². The van der Waals surface area contributed by atoms with Gasteiger partial charge in [0.1, 0.15) is 0 Å². The fraction of sp³-hybridized carbons (Fsp3) is 0.111. The quantitative estimate of drug-likeness (QED) is 0.483. The van der Waals surface area contributed by atoms with Crippen molar-refractivity contribution in [3.63, 3.8) is 0 Å². The summed E-state index contributed by atoms with van der Waals surface area (Å²) in [6, 6.07) is 15.5. The van der Waals surface area contributed by atoms with Crippen LogP contribution in [0.5, 0.6) is 0 Å². The van der Waals surface area contributed by atoms with E-state index in [-0.39, 0.29) is 0 Å². The molecule has 0 saturated carbocycles. The van der Waals surface area contributed by atoms with Crippen molar-refractivity contribution in [2.45, 2.75) is 13.3 Å². The summed E-state index contributed by atoms with van der Waals surface area (Å²) in [7, 11) is 0. The second kappa shape index (κ2) is 3.46.